The van der Waals surface area contributed by atoms with Gasteiger partial charge in [0, 0.05) is 76.6 Å². The molecular formula is C34H45N5O4. The van der Waals surface area contributed by atoms with Crippen molar-refractivity contribution < 1.29 is 19.1 Å². The molecule has 2 fully saturated rings. The third-order valence-electron chi connectivity index (χ3n) is 9.25. The quantitative estimate of drug-likeness (QED) is 0.483. The van der Waals surface area contributed by atoms with Gasteiger partial charge in [-0.2, -0.15) is 0 Å². The Hall–Kier alpha value is -3.56. The minimum absolute atomic E-state index is 0.0671. The lowest BCUT2D eigenvalue weighted by Crippen LogP contribution is -2.58. The molecule has 1 spiro atoms. The molecule has 0 radical (unpaired) electrons. The minimum atomic E-state index is -0.673. The summed E-state index contributed by atoms with van der Waals surface area (Å²) in [5, 5.41) is 6.44. The number of carbonyl (C=O) groups excluding carboxylic acids is 3. The van der Waals surface area contributed by atoms with Gasteiger partial charge < -0.3 is 25.2 Å². The van der Waals surface area contributed by atoms with Gasteiger partial charge in [0.2, 0.25) is 17.7 Å². The predicted octanol–water partition coefficient (Wildman–Crippen LogP) is 3.11. The van der Waals surface area contributed by atoms with Crippen molar-refractivity contribution in [2.24, 2.45) is 11.3 Å². The summed E-state index contributed by atoms with van der Waals surface area (Å²) in [6.07, 6.45) is 12.1. The van der Waals surface area contributed by atoms with E-state index in [1.54, 1.807) is 6.20 Å². The molecule has 3 aliphatic heterocycles. The second-order valence-corrected chi connectivity index (χ2v) is 12.4. The molecule has 0 saturated carbocycles. The van der Waals surface area contributed by atoms with Gasteiger partial charge in [-0.15, -0.1) is 0 Å². The van der Waals surface area contributed by atoms with Crippen LogP contribution in [0.25, 0.3) is 0 Å². The van der Waals surface area contributed by atoms with Crippen LogP contribution in [0.5, 0.6) is 0 Å². The van der Waals surface area contributed by atoms with Crippen molar-refractivity contribution >= 4 is 17.7 Å². The Kier molecular flexibility index (Phi) is 10.6. The van der Waals surface area contributed by atoms with Crippen LogP contribution in [0.4, 0.5) is 0 Å². The second kappa shape index (κ2) is 14.8. The number of rotatable bonds is 7. The van der Waals surface area contributed by atoms with Gasteiger partial charge in [0.25, 0.3) is 0 Å². The van der Waals surface area contributed by atoms with Gasteiger partial charge >= 0.3 is 0 Å². The maximum atomic E-state index is 13.8. The zero-order chi connectivity index (χ0) is 30.1. The second-order valence-electron chi connectivity index (χ2n) is 12.4. The van der Waals surface area contributed by atoms with Gasteiger partial charge in [0.15, 0.2) is 0 Å². The van der Waals surface area contributed by atoms with Crippen LogP contribution in [0.2, 0.25) is 0 Å². The zero-order valence-electron chi connectivity index (χ0n) is 25.2. The Morgan fingerprint density at radius 1 is 1.07 bits per heavy atom. The number of amides is 3. The molecule has 230 valence electrons. The number of hydrogen-bond donors (Lipinski definition) is 2. The molecular weight excluding hydrogens is 542 g/mol. The number of nitrogens with zero attached hydrogens (tertiary/aromatic N) is 3. The molecule has 1 aromatic carbocycles. The Balaban J connectivity index is 1.27. The van der Waals surface area contributed by atoms with E-state index in [9.17, 15) is 14.4 Å². The topological polar surface area (TPSA) is 104 Å². The Morgan fingerprint density at radius 2 is 1.86 bits per heavy atom. The van der Waals surface area contributed by atoms with Crippen LogP contribution in [0, 0.1) is 11.3 Å². The highest BCUT2D eigenvalue weighted by molar-refractivity contribution is 5.90. The number of pyridine rings is 1. The average molecular weight is 588 g/mol. The van der Waals surface area contributed by atoms with Gasteiger partial charge in [0.1, 0.15) is 6.04 Å². The van der Waals surface area contributed by atoms with Crippen LogP contribution >= 0.6 is 0 Å². The molecule has 0 aliphatic carbocycles. The van der Waals surface area contributed by atoms with Crippen molar-refractivity contribution in [2.45, 2.75) is 63.6 Å². The molecule has 4 heterocycles. The summed E-state index contributed by atoms with van der Waals surface area (Å²) in [5.74, 6) is 0.0239. The van der Waals surface area contributed by atoms with Crippen LogP contribution in [0.1, 0.15) is 49.7 Å². The number of likely N-dealkylation sites (tertiary alicyclic amines) is 1. The van der Waals surface area contributed by atoms with E-state index in [1.165, 1.54) is 0 Å². The van der Waals surface area contributed by atoms with Crippen LogP contribution in [0.3, 0.4) is 0 Å². The summed E-state index contributed by atoms with van der Waals surface area (Å²) >= 11 is 0. The van der Waals surface area contributed by atoms with Gasteiger partial charge in [-0.3, -0.25) is 19.4 Å². The number of nitrogens with one attached hydrogen (secondary N) is 2. The zero-order valence-corrected chi connectivity index (χ0v) is 25.2. The maximum absolute atomic E-state index is 13.8. The van der Waals surface area contributed by atoms with Crippen molar-refractivity contribution in [1.82, 2.24) is 25.4 Å². The number of benzene rings is 1. The Bertz CT molecular complexity index is 1250. The van der Waals surface area contributed by atoms with Crippen molar-refractivity contribution in [3.05, 3.63) is 78.1 Å². The molecule has 5 rings (SSSR count). The van der Waals surface area contributed by atoms with Gasteiger partial charge in [-0.25, -0.2) is 0 Å². The fourth-order valence-corrected chi connectivity index (χ4v) is 6.53. The fraction of sp³-hybridized carbons (Fsp3) is 0.529. The van der Waals surface area contributed by atoms with E-state index in [4.69, 9.17) is 4.74 Å². The van der Waals surface area contributed by atoms with E-state index in [2.05, 4.69) is 32.7 Å². The normalized spacial score (nSPS) is 25.2. The molecule has 3 atom stereocenters. The maximum Gasteiger partial charge on any atom is 0.243 e. The molecule has 0 bridgehead atoms. The Morgan fingerprint density at radius 3 is 2.63 bits per heavy atom. The number of fused-ring (bicyclic) bond motifs is 1. The molecule has 2 saturated heterocycles. The number of carbonyl (C=O) groups is 3. The van der Waals surface area contributed by atoms with Gasteiger partial charge in [0.05, 0.1) is 5.41 Å². The number of piperidine rings is 1. The molecule has 2 N–H and O–H groups in total. The van der Waals surface area contributed by atoms with E-state index in [0.717, 1.165) is 24.1 Å². The number of ether oxygens (including phenoxy) is 1. The number of hydrogen-bond acceptors (Lipinski definition) is 6. The molecule has 1 aromatic heterocycles. The van der Waals surface area contributed by atoms with E-state index < -0.39 is 11.5 Å². The summed E-state index contributed by atoms with van der Waals surface area (Å²) in [6.45, 7) is 3.70. The fourth-order valence-electron chi connectivity index (χ4n) is 6.53. The third kappa shape index (κ3) is 8.30. The lowest BCUT2D eigenvalue weighted by Gasteiger charge is -2.40. The molecule has 9 nitrogen and oxygen atoms in total. The van der Waals surface area contributed by atoms with Crippen LogP contribution in [-0.4, -0.2) is 84.5 Å². The predicted molar refractivity (Wildman–Crippen MR) is 165 cm³/mol. The van der Waals surface area contributed by atoms with Crippen molar-refractivity contribution in [2.75, 3.05) is 39.9 Å². The molecule has 43 heavy (non-hydrogen) atoms. The largest absolute Gasteiger partial charge is 0.381 e. The summed E-state index contributed by atoms with van der Waals surface area (Å²) in [4.78, 5) is 49.1. The summed E-state index contributed by atoms with van der Waals surface area (Å²) in [5.41, 5.74) is 1.54. The SMILES string of the molecule is CN(CCC(=O)N1CC[C@@H]2NC(=O)[C@H](Cc3ccccc3)NC(=O)C3(C/C=C/C[C@@H]2C1)CCOCC3)Cc1cccnc1. The van der Waals surface area contributed by atoms with E-state index in [-0.39, 0.29) is 29.7 Å². The van der Waals surface area contributed by atoms with Gasteiger partial charge in [-0.1, -0.05) is 48.6 Å². The Labute approximate surface area is 255 Å². The van der Waals surface area contributed by atoms with E-state index >= 15 is 0 Å². The third-order valence-corrected chi connectivity index (χ3v) is 9.25. The lowest BCUT2D eigenvalue weighted by molar-refractivity contribution is -0.140. The highest BCUT2D eigenvalue weighted by Crippen LogP contribution is 2.36. The first-order valence-electron chi connectivity index (χ1n) is 15.7. The molecule has 0 unspecified atom stereocenters. The van der Waals surface area contributed by atoms with Crippen LogP contribution < -0.4 is 10.6 Å². The number of aromatic nitrogens is 1. The highest BCUT2D eigenvalue weighted by atomic mass is 16.5. The van der Waals surface area contributed by atoms with Crippen molar-refractivity contribution in [3.8, 4) is 0 Å². The monoisotopic (exact) mass is 587 g/mol. The highest BCUT2D eigenvalue weighted by Gasteiger charge is 2.41. The summed E-state index contributed by atoms with van der Waals surface area (Å²) in [6, 6.07) is 13.1. The van der Waals surface area contributed by atoms with Crippen LogP contribution in [0.15, 0.2) is 67.0 Å². The lowest BCUT2D eigenvalue weighted by atomic mass is 9.75. The summed E-state index contributed by atoms with van der Waals surface area (Å²) in [7, 11) is 2.02. The van der Waals surface area contributed by atoms with E-state index in [1.807, 2.05) is 60.6 Å². The standard InChI is InChI=1S/C34H45N5O4/c1-38(24-27-10-7-17-35-23-27)18-13-31(40)39-19-12-29-28(25-39)11-5-6-14-34(15-20-43-21-16-34)33(42)37-30(32(41)36-29)22-26-8-3-2-4-9-26/h2-10,17,23,28-30H,11-16,18-22,24-25H2,1H3,(H,36,41)(H,37,42)/b6-5+/t28-,29+,30+/m1/s1. The minimum Gasteiger partial charge on any atom is -0.381 e. The molecule has 2 aromatic rings. The first kappa shape index (κ1) is 30.9. The molecule has 3 aliphatic rings. The van der Waals surface area contributed by atoms with Crippen molar-refractivity contribution in [1.29, 1.82) is 0 Å². The summed E-state index contributed by atoms with van der Waals surface area (Å²) < 4.78 is 5.60. The molecule has 9 heteroatoms. The first-order valence-corrected chi connectivity index (χ1v) is 15.7. The van der Waals surface area contributed by atoms with Crippen LogP contribution in [-0.2, 0) is 32.1 Å². The van der Waals surface area contributed by atoms with E-state index in [0.29, 0.717) is 71.4 Å². The molecule has 3 amide bonds. The average Bonchev–Trinajstić information content (AvgIpc) is 3.03. The van der Waals surface area contributed by atoms with Crippen molar-refractivity contribution in [3.63, 3.8) is 0 Å². The first-order chi connectivity index (χ1) is 20.9. The number of allylic oxidation sites excluding steroid dienone is 2. The smallest absolute Gasteiger partial charge is 0.243 e. The van der Waals surface area contributed by atoms with Gasteiger partial charge in [-0.05, 0) is 56.3 Å².